The Morgan fingerprint density at radius 2 is 1.89 bits per heavy atom. The molecule has 19 heavy (non-hydrogen) atoms. The standard InChI is InChI=1S/C17H19NO/c1-12-11-18-17(2,13-6-4-3-5-7-13)16-9-8-14(19)10-15(12)16/h3-10,12,18-19H,11H2,1-2H3. The highest BCUT2D eigenvalue weighted by atomic mass is 16.3. The van der Waals surface area contributed by atoms with Gasteiger partial charge in [-0.05, 0) is 41.7 Å². The fourth-order valence-electron chi connectivity index (χ4n) is 3.00. The number of rotatable bonds is 1. The smallest absolute Gasteiger partial charge is 0.115 e. The summed E-state index contributed by atoms with van der Waals surface area (Å²) in [6.45, 7) is 5.32. The van der Waals surface area contributed by atoms with E-state index in [1.165, 1.54) is 16.7 Å². The minimum absolute atomic E-state index is 0.184. The molecule has 0 radical (unpaired) electrons. The average Bonchev–Trinajstić information content (AvgIpc) is 2.44. The molecular formula is C17H19NO. The fraction of sp³-hybridized carbons (Fsp3) is 0.294. The van der Waals surface area contributed by atoms with Crippen molar-refractivity contribution in [2.75, 3.05) is 6.54 Å². The predicted octanol–water partition coefficient (Wildman–Crippen LogP) is 3.36. The molecule has 0 aromatic heterocycles. The molecule has 2 nitrogen and oxygen atoms in total. The zero-order chi connectivity index (χ0) is 13.5. The van der Waals surface area contributed by atoms with Gasteiger partial charge in [-0.1, -0.05) is 43.3 Å². The third-order valence-corrected chi connectivity index (χ3v) is 4.22. The number of hydrogen-bond donors (Lipinski definition) is 2. The second-order valence-corrected chi connectivity index (χ2v) is 5.54. The van der Waals surface area contributed by atoms with E-state index in [2.05, 4.69) is 43.4 Å². The lowest BCUT2D eigenvalue weighted by Crippen LogP contribution is -2.46. The molecule has 2 aromatic carbocycles. The van der Waals surface area contributed by atoms with Gasteiger partial charge in [-0.15, -0.1) is 0 Å². The minimum Gasteiger partial charge on any atom is -0.508 e. The van der Waals surface area contributed by atoms with Gasteiger partial charge in [0.15, 0.2) is 0 Å². The van der Waals surface area contributed by atoms with Gasteiger partial charge in [-0.2, -0.15) is 0 Å². The first-order chi connectivity index (χ1) is 9.11. The Balaban J connectivity index is 2.18. The van der Waals surface area contributed by atoms with Crippen LogP contribution in [0.2, 0.25) is 0 Å². The van der Waals surface area contributed by atoms with E-state index in [0.29, 0.717) is 11.7 Å². The van der Waals surface area contributed by atoms with E-state index in [1.54, 1.807) is 6.07 Å². The molecule has 0 aliphatic carbocycles. The highest BCUT2D eigenvalue weighted by Gasteiger charge is 2.35. The topological polar surface area (TPSA) is 32.3 Å². The summed E-state index contributed by atoms with van der Waals surface area (Å²) in [6.07, 6.45) is 0. The molecule has 2 unspecified atom stereocenters. The van der Waals surface area contributed by atoms with Crippen LogP contribution in [0.1, 0.15) is 36.5 Å². The summed E-state index contributed by atoms with van der Waals surface area (Å²) >= 11 is 0. The summed E-state index contributed by atoms with van der Waals surface area (Å²) in [5.41, 5.74) is 3.57. The van der Waals surface area contributed by atoms with E-state index in [4.69, 9.17) is 0 Å². The van der Waals surface area contributed by atoms with Crippen LogP contribution in [0.15, 0.2) is 48.5 Å². The SMILES string of the molecule is CC1CNC(C)(c2ccccc2)c2ccc(O)cc21. The van der Waals surface area contributed by atoms with Crippen LogP contribution in [-0.2, 0) is 5.54 Å². The van der Waals surface area contributed by atoms with Gasteiger partial charge < -0.3 is 10.4 Å². The second-order valence-electron chi connectivity index (χ2n) is 5.54. The van der Waals surface area contributed by atoms with Crippen molar-refractivity contribution < 1.29 is 5.11 Å². The molecule has 0 bridgehead atoms. The Hall–Kier alpha value is -1.80. The predicted molar refractivity (Wildman–Crippen MR) is 77.4 cm³/mol. The first-order valence-corrected chi connectivity index (χ1v) is 6.75. The van der Waals surface area contributed by atoms with Gasteiger partial charge in [-0.25, -0.2) is 0 Å². The summed E-state index contributed by atoms with van der Waals surface area (Å²) in [7, 11) is 0. The van der Waals surface area contributed by atoms with Gasteiger partial charge in [0.25, 0.3) is 0 Å². The number of phenolic OH excluding ortho intramolecular Hbond substituents is 1. The summed E-state index contributed by atoms with van der Waals surface area (Å²) < 4.78 is 0. The average molecular weight is 253 g/mol. The van der Waals surface area contributed by atoms with Crippen LogP contribution < -0.4 is 5.32 Å². The fourth-order valence-corrected chi connectivity index (χ4v) is 3.00. The number of phenols is 1. The lowest BCUT2D eigenvalue weighted by atomic mass is 9.76. The molecule has 0 fully saturated rings. The molecule has 2 atom stereocenters. The van der Waals surface area contributed by atoms with Crippen LogP contribution in [0.5, 0.6) is 5.75 Å². The van der Waals surface area contributed by atoms with Crippen molar-refractivity contribution in [2.24, 2.45) is 0 Å². The normalized spacial score (nSPS) is 25.9. The van der Waals surface area contributed by atoms with Crippen LogP contribution in [-0.4, -0.2) is 11.7 Å². The van der Waals surface area contributed by atoms with E-state index in [-0.39, 0.29) is 5.54 Å². The summed E-state index contributed by atoms with van der Waals surface area (Å²) in [6, 6.07) is 16.2. The van der Waals surface area contributed by atoms with E-state index in [0.717, 1.165) is 6.54 Å². The zero-order valence-corrected chi connectivity index (χ0v) is 11.4. The Labute approximate surface area is 114 Å². The van der Waals surface area contributed by atoms with Crippen LogP contribution >= 0.6 is 0 Å². The van der Waals surface area contributed by atoms with Gasteiger partial charge in [-0.3, -0.25) is 0 Å². The first kappa shape index (κ1) is 12.2. The third-order valence-electron chi connectivity index (χ3n) is 4.22. The molecule has 98 valence electrons. The molecule has 3 rings (SSSR count). The minimum atomic E-state index is -0.184. The maximum absolute atomic E-state index is 9.73. The lowest BCUT2D eigenvalue weighted by Gasteiger charge is -2.40. The van der Waals surface area contributed by atoms with Crippen molar-refractivity contribution >= 4 is 0 Å². The van der Waals surface area contributed by atoms with E-state index < -0.39 is 0 Å². The molecule has 0 spiro atoms. The molecule has 2 heteroatoms. The highest BCUT2D eigenvalue weighted by Crippen LogP contribution is 2.39. The Morgan fingerprint density at radius 3 is 2.63 bits per heavy atom. The van der Waals surface area contributed by atoms with Crippen molar-refractivity contribution in [3.8, 4) is 5.75 Å². The molecule has 2 N–H and O–H groups in total. The summed E-state index contributed by atoms with van der Waals surface area (Å²) in [4.78, 5) is 0. The molecule has 2 aromatic rings. The van der Waals surface area contributed by atoms with Crippen LogP contribution in [0.25, 0.3) is 0 Å². The van der Waals surface area contributed by atoms with Gasteiger partial charge in [0.05, 0.1) is 5.54 Å². The largest absolute Gasteiger partial charge is 0.508 e. The summed E-state index contributed by atoms with van der Waals surface area (Å²) in [5.74, 6) is 0.766. The van der Waals surface area contributed by atoms with E-state index in [9.17, 15) is 5.11 Å². The van der Waals surface area contributed by atoms with E-state index >= 15 is 0 Å². The van der Waals surface area contributed by atoms with Gasteiger partial charge >= 0.3 is 0 Å². The van der Waals surface area contributed by atoms with E-state index in [1.807, 2.05) is 18.2 Å². The number of nitrogens with one attached hydrogen (secondary N) is 1. The Bertz CT molecular complexity index is 593. The summed E-state index contributed by atoms with van der Waals surface area (Å²) in [5, 5.41) is 13.4. The molecule has 1 aliphatic rings. The maximum Gasteiger partial charge on any atom is 0.115 e. The molecule has 0 amide bonds. The van der Waals surface area contributed by atoms with Crippen molar-refractivity contribution in [3.63, 3.8) is 0 Å². The highest BCUT2D eigenvalue weighted by molar-refractivity contribution is 5.48. The Morgan fingerprint density at radius 1 is 1.16 bits per heavy atom. The lowest BCUT2D eigenvalue weighted by molar-refractivity contribution is 0.386. The third kappa shape index (κ3) is 1.92. The van der Waals surface area contributed by atoms with Gasteiger partial charge in [0, 0.05) is 6.54 Å². The van der Waals surface area contributed by atoms with Crippen molar-refractivity contribution in [1.29, 1.82) is 0 Å². The molecular weight excluding hydrogens is 234 g/mol. The molecule has 1 heterocycles. The molecule has 0 saturated carbocycles. The maximum atomic E-state index is 9.73. The second kappa shape index (κ2) is 4.39. The quantitative estimate of drug-likeness (QED) is 0.816. The van der Waals surface area contributed by atoms with Crippen molar-refractivity contribution in [3.05, 3.63) is 65.2 Å². The zero-order valence-electron chi connectivity index (χ0n) is 11.4. The van der Waals surface area contributed by atoms with Crippen LogP contribution in [0.3, 0.4) is 0 Å². The number of hydrogen-bond acceptors (Lipinski definition) is 2. The van der Waals surface area contributed by atoms with Crippen LogP contribution in [0.4, 0.5) is 0 Å². The Kier molecular flexibility index (Phi) is 2.83. The monoisotopic (exact) mass is 253 g/mol. The number of fused-ring (bicyclic) bond motifs is 1. The molecule has 0 saturated heterocycles. The number of benzene rings is 2. The van der Waals surface area contributed by atoms with Gasteiger partial charge in [0.1, 0.15) is 5.75 Å². The van der Waals surface area contributed by atoms with Crippen molar-refractivity contribution in [2.45, 2.75) is 25.3 Å². The van der Waals surface area contributed by atoms with Crippen LogP contribution in [0, 0.1) is 0 Å². The first-order valence-electron chi connectivity index (χ1n) is 6.75. The van der Waals surface area contributed by atoms with Crippen molar-refractivity contribution in [1.82, 2.24) is 5.32 Å². The molecule has 1 aliphatic heterocycles. The van der Waals surface area contributed by atoms with Gasteiger partial charge in [0.2, 0.25) is 0 Å². The number of aromatic hydroxyl groups is 1.